The minimum Gasteiger partial charge on any atom is -0.298 e. The summed E-state index contributed by atoms with van der Waals surface area (Å²) in [6.07, 6.45) is 0.487. The fourth-order valence-electron chi connectivity index (χ4n) is 1.16. The van der Waals surface area contributed by atoms with Crippen LogP contribution in [-0.4, -0.2) is 19.3 Å². The molecule has 0 atom stereocenters. The van der Waals surface area contributed by atoms with E-state index in [4.69, 9.17) is 0 Å². The molecule has 1 N–H and O–H groups in total. The van der Waals surface area contributed by atoms with Crippen molar-refractivity contribution in [2.75, 3.05) is 7.11 Å². The molecule has 0 unspecified atom stereocenters. The zero-order valence-corrected chi connectivity index (χ0v) is 8.12. The predicted molar refractivity (Wildman–Crippen MR) is 50.6 cm³/mol. The van der Waals surface area contributed by atoms with Crippen molar-refractivity contribution in [3.05, 3.63) is 35.1 Å². The second-order valence-electron chi connectivity index (χ2n) is 2.87. The monoisotopic (exact) mass is 211 g/mol. The lowest BCUT2D eigenvalue weighted by Gasteiger charge is -2.04. The van der Waals surface area contributed by atoms with Gasteiger partial charge in [-0.3, -0.25) is 14.4 Å². The summed E-state index contributed by atoms with van der Waals surface area (Å²) in [5.41, 5.74) is 2.74. The maximum atomic E-state index is 12.7. The topological polar surface area (TPSA) is 55.4 Å². The molecular weight excluding hydrogens is 201 g/mol. The molecule has 0 aromatic heterocycles. The number of benzene rings is 1. The fourth-order valence-corrected chi connectivity index (χ4v) is 1.16. The van der Waals surface area contributed by atoms with Crippen molar-refractivity contribution in [1.82, 2.24) is 5.48 Å². The van der Waals surface area contributed by atoms with Gasteiger partial charge in [0.2, 0.25) is 5.91 Å². The lowest BCUT2D eigenvalue weighted by atomic mass is 10.1. The predicted octanol–water partition coefficient (Wildman–Crippen LogP) is 0.858. The third kappa shape index (κ3) is 3.14. The van der Waals surface area contributed by atoms with Gasteiger partial charge in [0.1, 0.15) is 12.1 Å². The summed E-state index contributed by atoms with van der Waals surface area (Å²) in [4.78, 5) is 26.1. The molecule has 0 aliphatic carbocycles. The van der Waals surface area contributed by atoms with Gasteiger partial charge < -0.3 is 0 Å². The van der Waals surface area contributed by atoms with Gasteiger partial charge in [0.15, 0.2) is 0 Å². The van der Waals surface area contributed by atoms with Gasteiger partial charge in [-0.1, -0.05) is 6.07 Å². The molecule has 1 aromatic rings. The third-order valence-electron chi connectivity index (χ3n) is 1.80. The van der Waals surface area contributed by atoms with E-state index in [9.17, 15) is 14.0 Å². The molecule has 1 amide bonds. The highest BCUT2D eigenvalue weighted by Crippen LogP contribution is 2.10. The molecule has 0 spiro atoms. The van der Waals surface area contributed by atoms with Crippen molar-refractivity contribution in [1.29, 1.82) is 0 Å². The van der Waals surface area contributed by atoms with E-state index in [1.807, 2.05) is 0 Å². The molecule has 0 saturated heterocycles. The van der Waals surface area contributed by atoms with E-state index in [1.54, 1.807) is 0 Å². The number of hydroxylamine groups is 1. The summed E-state index contributed by atoms with van der Waals surface area (Å²) < 4.78 is 12.7. The highest BCUT2D eigenvalue weighted by molar-refractivity contribution is 5.83. The number of nitrogens with one attached hydrogen (secondary N) is 1. The Kier molecular flexibility index (Phi) is 3.93. The van der Waals surface area contributed by atoms with Gasteiger partial charge in [0, 0.05) is 5.56 Å². The summed E-state index contributed by atoms with van der Waals surface area (Å²) in [5, 5.41) is 0. The molecule has 0 radical (unpaired) electrons. The van der Waals surface area contributed by atoms with Crippen molar-refractivity contribution in [3.8, 4) is 0 Å². The van der Waals surface area contributed by atoms with Gasteiger partial charge in [0.05, 0.1) is 13.5 Å². The summed E-state index contributed by atoms with van der Waals surface area (Å²) in [5.74, 6) is -0.903. The number of carbonyl (C=O) groups excluding carboxylic acids is 2. The summed E-state index contributed by atoms with van der Waals surface area (Å²) in [7, 11) is 1.31. The molecular formula is C10H10FNO3. The third-order valence-corrected chi connectivity index (χ3v) is 1.80. The average molecular weight is 211 g/mol. The minimum absolute atomic E-state index is 0.0256. The fraction of sp³-hybridized carbons (Fsp3) is 0.200. The SMILES string of the molecule is CONC(=O)Cc1ccc(F)cc1C=O. The first-order valence-corrected chi connectivity index (χ1v) is 4.22. The standard InChI is InChI=1S/C10H10FNO3/c1-15-12-10(14)5-7-2-3-9(11)4-8(7)6-13/h2-4,6H,5H2,1H3,(H,12,14). The van der Waals surface area contributed by atoms with Crippen molar-refractivity contribution < 1.29 is 18.8 Å². The molecule has 0 aliphatic rings. The molecule has 5 heteroatoms. The molecule has 0 fully saturated rings. The van der Waals surface area contributed by atoms with Crippen molar-refractivity contribution >= 4 is 12.2 Å². The van der Waals surface area contributed by atoms with Crippen LogP contribution < -0.4 is 5.48 Å². The Hall–Kier alpha value is -1.75. The number of hydrogen-bond acceptors (Lipinski definition) is 3. The maximum Gasteiger partial charge on any atom is 0.247 e. The summed E-state index contributed by atoms with van der Waals surface area (Å²) >= 11 is 0. The molecule has 80 valence electrons. The van der Waals surface area contributed by atoms with Gasteiger partial charge >= 0.3 is 0 Å². The van der Waals surface area contributed by atoms with Crippen LogP contribution in [0.3, 0.4) is 0 Å². The van der Waals surface area contributed by atoms with E-state index in [-0.39, 0.29) is 12.0 Å². The van der Waals surface area contributed by atoms with Gasteiger partial charge in [-0.15, -0.1) is 0 Å². The first-order valence-electron chi connectivity index (χ1n) is 4.22. The zero-order valence-electron chi connectivity index (χ0n) is 8.12. The molecule has 0 saturated carbocycles. The van der Waals surface area contributed by atoms with E-state index in [1.165, 1.54) is 19.2 Å². The quantitative estimate of drug-likeness (QED) is 0.593. The van der Waals surface area contributed by atoms with Crippen molar-refractivity contribution in [2.24, 2.45) is 0 Å². The largest absolute Gasteiger partial charge is 0.298 e. The van der Waals surface area contributed by atoms with Gasteiger partial charge in [-0.05, 0) is 17.7 Å². The van der Waals surface area contributed by atoms with Gasteiger partial charge in [-0.25, -0.2) is 9.87 Å². The summed E-state index contributed by atoms with van der Waals surface area (Å²) in [6, 6.07) is 3.68. The number of halogens is 1. The Morgan fingerprint density at radius 1 is 1.60 bits per heavy atom. The number of aldehydes is 1. The summed E-state index contributed by atoms with van der Waals surface area (Å²) in [6.45, 7) is 0. The highest BCUT2D eigenvalue weighted by atomic mass is 19.1. The van der Waals surface area contributed by atoms with Crippen LogP contribution in [-0.2, 0) is 16.1 Å². The molecule has 1 rings (SSSR count). The second-order valence-corrected chi connectivity index (χ2v) is 2.87. The second kappa shape index (κ2) is 5.21. The van der Waals surface area contributed by atoms with Crippen molar-refractivity contribution in [3.63, 3.8) is 0 Å². The molecule has 15 heavy (non-hydrogen) atoms. The van der Waals surface area contributed by atoms with Crippen LogP contribution in [0.5, 0.6) is 0 Å². The van der Waals surface area contributed by atoms with Crippen LogP contribution in [0.4, 0.5) is 4.39 Å². The number of rotatable bonds is 4. The van der Waals surface area contributed by atoms with Gasteiger partial charge in [-0.2, -0.15) is 0 Å². The van der Waals surface area contributed by atoms with Crippen molar-refractivity contribution in [2.45, 2.75) is 6.42 Å². The number of hydrogen-bond donors (Lipinski definition) is 1. The first-order chi connectivity index (χ1) is 7.17. The maximum absolute atomic E-state index is 12.7. The van der Waals surface area contributed by atoms with Crippen LogP contribution in [0, 0.1) is 5.82 Å². The van der Waals surface area contributed by atoms with E-state index in [2.05, 4.69) is 10.3 Å². The lowest BCUT2D eigenvalue weighted by molar-refractivity contribution is -0.130. The molecule has 1 aromatic carbocycles. The van der Waals surface area contributed by atoms with Crippen LogP contribution >= 0.6 is 0 Å². The van der Waals surface area contributed by atoms with Crippen LogP contribution in [0.25, 0.3) is 0 Å². The Balaban J connectivity index is 2.84. The van der Waals surface area contributed by atoms with E-state index in [0.717, 1.165) is 6.07 Å². The Morgan fingerprint density at radius 3 is 2.93 bits per heavy atom. The molecule has 0 aliphatic heterocycles. The molecule has 0 bridgehead atoms. The minimum atomic E-state index is -0.506. The Morgan fingerprint density at radius 2 is 2.33 bits per heavy atom. The van der Waals surface area contributed by atoms with Crippen LogP contribution in [0.1, 0.15) is 15.9 Å². The first kappa shape index (κ1) is 11.3. The van der Waals surface area contributed by atoms with Gasteiger partial charge in [0.25, 0.3) is 0 Å². The Bertz CT molecular complexity index is 379. The highest BCUT2D eigenvalue weighted by Gasteiger charge is 2.08. The lowest BCUT2D eigenvalue weighted by Crippen LogP contribution is -2.24. The number of amides is 1. The van der Waals surface area contributed by atoms with E-state index < -0.39 is 11.7 Å². The van der Waals surface area contributed by atoms with Crippen LogP contribution in [0.2, 0.25) is 0 Å². The average Bonchev–Trinajstić information content (AvgIpc) is 2.21. The molecule has 0 heterocycles. The zero-order chi connectivity index (χ0) is 11.3. The molecule has 4 nitrogen and oxygen atoms in total. The van der Waals surface area contributed by atoms with E-state index in [0.29, 0.717) is 11.8 Å². The smallest absolute Gasteiger partial charge is 0.247 e. The van der Waals surface area contributed by atoms with Crippen LogP contribution in [0.15, 0.2) is 18.2 Å². The number of carbonyl (C=O) groups is 2. The van der Waals surface area contributed by atoms with E-state index >= 15 is 0 Å². The Labute approximate surface area is 86.0 Å². The normalized spacial score (nSPS) is 9.73.